The van der Waals surface area contributed by atoms with E-state index in [0.29, 0.717) is 12.2 Å². The van der Waals surface area contributed by atoms with Crippen LogP contribution in [0.15, 0.2) is 53.5 Å². The summed E-state index contributed by atoms with van der Waals surface area (Å²) in [7, 11) is 1.69. The van der Waals surface area contributed by atoms with Gasteiger partial charge in [0.25, 0.3) is 5.56 Å². The van der Waals surface area contributed by atoms with Gasteiger partial charge in [-0.15, -0.1) is 0 Å². The van der Waals surface area contributed by atoms with Crippen LogP contribution in [0.3, 0.4) is 0 Å². The third kappa shape index (κ3) is 2.62. The van der Waals surface area contributed by atoms with Crippen LogP contribution >= 0.6 is 0 Å². The van der Waals surface area contributed by atoms with Crippen molar-refractivity contribution < 1.29 is 4.74 Å². The first-order valence-corrected chi connectivity index (χ1v) is 8.14. The number of nitrogens with zero attached hydrogens (tertiary/aromatic N) is 3. The van der Waals surface area contributed by atoms with Crippen LogP contribution in [-0.4, -0.2) is 23.0 Å². The summed E-state index contributed by atoms with van der Waals surface area (Å²) in [6.07, 6.45) is 3.89. The monoisotopic (exact) mass is 321 g/mol. The Labute approximate surface area is 140 Å². The zero-order valence-electron chi connectivity index (χ0n) is 13.6. The highest BCUT2D eigenvalue weighted by molar-refractivity contribution is 5.58. The summed E-state index contributed by atoms with van der Waals surface area (Å²) >= 11 is 0. The van der Waals surface area contributed by atoms with Crippen LogP contribution in [-0.2, 0) is 13.0 Å². The van der Waals surface area contributed by atoms with Crippen LogP contribution in [0.5, 0.6) is 5.75 Å². The summed E-state index contributed by atoms with van der Waals surface area (Å²) in [5, 5.41) is 0. The second-order valence-electron chi connectivity index (χ2n) is 6.03. The van der Waals surface area contributed by atoms with Crippen molar-refractivity contribution in [1.82, 2.24) is 9.38 Å². The summed E-state index contributed by atoms with van der Waals surface area (Å²) in [6, 6.07) is 13.4. The molecule has 0 spiro atoms. The number of hydrogen-bond acceptors (Lipinski definition) is 4. The van der Waals surface area contributed by atoms with Gasteiger partial charge in [-0.1, -0.05) is 6.07 Å². The Hall–Kier alpha value is -2.82. The van der Waals surface area contributed by atoms with Crippen molar-refractivity contribution >= 4 is 11.3 Å². The Morgan fingerprint density at radius 2 is 2.12 bits per heavy atom. The molecule has 0 saturated carbocycles. The van der Waals surface area contributed by atoms with Gasteiger partial charge in [-0.3, -0.25) is 9.20 Å². The van der Waals surface area contributed by atoms with E-state index in [9.17, 15) is 4.79 Å². The van der Waals surface area contributed by atoms with Gasteiger partial charge in [0.1, 0.15) is 11.4 Å². The minimum atomic E-state index is -0.0393. The summed E-state index contributed by atoms with van der Waals surface area (Å²) in [4.78, 5) is 19.2. The molecular weight excluding hydrogens is 302 g/mol. The lowest BCUT2D eigenvalue weighted by molar-refractivity contribution is 0.414. The van der Waals surface area contributed by atoms with Gasteiger partial charge < -0.3 is 9.64 Å². The Balaban J connectivity index is 1.68. The molecule has 0 fully saturated rings. The molecule has 0 unspecified atom stereocenters. The number of fused-ring (bicyclic) bond motifs is 2. The van der Waals surface area contributed by atoms with Gasteiger partial charge in [0, 0.05) is 24.5 Å². The molecule has 1 aliphatic rings. The molecule has 0 N–H and O–H groups in total. The average molecular weight is 321 g/mol. The van der Waals surface area contributed by atoms with Gasteiger partial charge in [0.15, 0.2) is 0 Å². The smallest absolute Gasteiger partial charge is 0.258 e. The van der Waals surface area contributed by atoms with E-state index >= 15 is 0 Å². The Bertz CT molecular complexity index is 949. The standard InChI is InChI=1S/C19H19N3O2/c1-24-16-7-8-17-14(11-16)5-4-9-21(17)13-15-12-19(23)22-10-3-2-6-18(22)20-15/h2-3,6-8,10-12H,4-5,9,13H2,1H3. The largest absolute Gasteiger partial charge is 0.497 e. The third-order valence-electron chi connectivity index (χ3n) is 4.48. The molecule has 122 valence electrons. The number of ether oxygens (including phenoxy) is 1. The normalized spacial score (nSPS) is 13.8. The van der Waals surface area contributed by atoms with Crippen LogP contribution in [0, 0.1) is 0 Å². The third-order valence-corrected chi connectivity index (χ3v) is 4.48. The zero-order valence-corrected chi connectivity index (χ0v) is 13.6. The highest BCUT2D eigenvalue weighted by Crippen LogP contribution is 2.31. The van der Waals surface area contributed by atoms with Crippen molar-refractivity contribution in [2.45, 2.75) is 19.4 Å². The number of methoxy groups -OCH3 is 1. The highest BCUT2D eigenvalue weighted by atomic mass is 16.5. The van der Waals surface area contributed by atoms with Crippen LogP contribution in [0.4, 0.5) is 5.69 Å². The van der Waals surface area contributed by atoms with E-state index in [4.69, 9.17) is 4.74 Å². The molecule has 3 aromatic rings. The van der Waals surface area contributed by atoms with Crippen molar-refractivity contribution in [3.8, 4) is 5.75 Å². The van der Waals surface area contributed by atoms with Crippen LogP contribution in [0.1, 0.15) is 17.7 Å². The quantitative estimate of drug-likeness (QED) is 0.744. The lowest BCUT2D eigenvalue weighted by atomic mass is 10.0. The van der Waals surface area contributed by atoms with E-state index in [1.807, 2.05) is 24.3 Å². The Kier molecular flexibility index (Phi) is 3.69. The number of anilines is 1. The predicted molar refractivity (Wildman–Crippen MR) is 93.8 cm³/mol. The SMILES string of the molecule is COc1ccc2c(c1)CCCN2Cc1cc(=O)n2ccccc2n1. The molecule has 0 bridgehead atoms. The fourth-order valence-electron chi connectivity index (χ4n) is 3.32. The van der Waals surface area contributed by atoms with Gasteiger partial charge in [0.05, 0.1) is 19.3 Å². The molecule has 0 atom stereocenters. The lowest BCUT2D eigenvalue weighted by Gasteiger charge is -2.31. The average Bonchev–Trinajstić information content (AvgIpc) is 2.61. The number of hydrogen-bond donors (Lipinski definition) is 0. The van der Waals surface area contributed by atoms with E-state index in [1.54, 1.807) is 23.8 Å². The van der Waals surface area contributed by atoms with Crippen LogP contribution < -0.4 is 15.2 Å². The van der Waals surface area contributed by atoms with E-state index in [0.717, 1.165) is 30.8 Å². The Morgan fingerprint density at radius 1 is 1.21 bits per heavy atom. The van der Waals surface area contributed by atoms with Crippen molar-refractivity contribution in [2.75, 3.05) is 18.6 Å². The van der Waals surface area contributed by atoms with Gasteiger partial charge >= 0.3 is 0 Å². The molecule has 4 rings (SSSR count). The van der Waals surface area contributed by atoms with Crippen molar-refractivity contribution in [3.05, 3.63) is 70.3 Å². The van der Waals surface area contributed by atoms with E-state index < -0.39 is 0 Å². The highest BCUT2D eigenvalue weighted by Gasteiger charge is 2.18. The maximum atomic E-state index is 12.3. The molecule has 3 heterocycles. The van der Waals surface area contributed by atoms with Gasteiger partial charge in [-0.2, -0.15) is 0 Å². The minimum Gasteiger partial charge on any atom is -0.497 e. The van der Waals surface area contributed by atoms with E-state index in [-0.39, 0.29) is 5.56 Å². The van der Waals surface area contributed by atoms with E-state index in [2.05, 4.69) is 22.0 Å². The first kappa shape index (κ1) is 14.8. The first-order chi connectivity index (χ1) is 11.7. The summed E-state index contributed by atoms with van der Waals surface area (Å²) < 4.78 is 6.89. The summed E-state index contributed by atoms with van der Waals surface area (Å²) in [6.45, 7) is 1.61. The second kappa shape index (κ2) is 6.00. The van der Waals surface area contributed by atoms with Crippen molar-refractivity contribution in [2.24, 2.45) is 0 Å². The van der Waals surface area contributed by atoms with Crippen molar-refractivity contribution in [1.29, 1.82) is 0 Å². The molecule has 0 amide bonds. The van der Waals surface area contributed by atoms with E-state index in [1.165, 1.54) is 11.3 Å². The van der Waals surface area contributed by atoms with Crippen LogP contribution in [0.2, 0.25) is 0 Å². The van der Waals surface area contributed by atoms with Crippen LogP contribution in [0.25, 0.3) is 5.65 Å². The zero-order chi connectivity index (χ0) is 16.5. The second-order valence-corrected chi connectivity index (χ2v) is 6.03. The molecule has 0 radical (unpaired) electrons. The maximum absolute atomic E-state index is 12.3. The Morgan fingerprint density at radius 3 is 3.00 bits per heavy atom. The molecule has 5 heteroatoms. The number of rotatable bonds is 3. The minimum absolute atomic E-state index is 0.0393. The number of aromatic nitrogens is 2. The molecule has 0 aliphatic carbocycles. The van der Waals surface area contributed by atoms with Gasteiger partial charge in [-0.05, 0) is 48.7 Å². The molecule has 2 aromatic heterocycles. The predicted octanol–water partition coefficient (Wildman–Crippen LogP) is 2.66. The molecular formula is C19H19N3O2. The molecule has 24 heavy (non-hydrogen) atoms. The molecule has 0 saturated heterocycles. The maximum Gasteiger partial charge on any atom is 0.258 e. The topological polar surface area (TPSA) is 46.8 Å². The summed E-state index contributed by atoms with van der Waals surface area (Å²) in [5.74, 6) is 0.887. The van der Waals surface area contributed by atoms with Gasteiger partial charge in [0.2, 0.25) is 0 Å². The lowest BCUT2D eigenvalue weighted by Crippen LogP contribution is -2.30. The van der Waals surface area contributed by atoms with Gasteiger partial charge in [-0.25, -0.2) is 4.98 Å². The summed E-state index contributed by atoms with van der Waals surface area (Å²) in [5.41, 5.74) is 3.94. The fraction of sp³-hybridized carbons (Fsp3) is 0.263. The fourth-order valence-corrected chi connectivity index (χ4v) is 3.32. The van der Waals surface area contributed by atoms with Crippen molar-refractivity contribution in [3.63, 3.8) is 0 Å². The molecule has 5 nitrogen and oxygen atoms in total. The number of aryl methyl sites for hydroxylation is 1. The number of benzene rings is 1. The molecule has 1 aliphatic heterocycles. The molecule has 1 aromatic carbocycles. The number of pyridine rings is 1. The first-order valence-electron chi connectivity index (χ1n) is 8.14.